The van der Waals surface area contributed by atoms with E-state index in [4.69, 9.17) is 13.9 Å². The van der Waals surface area contributed by atoms with Gasteiger partial charge in [-0.2, -0.15) is 0 Å². The first-order valence-electron chi connectivity index (χ1n) is 7.24. The molecule has 0 aliphatic rings. The summed E-state index contributed by atoms with van der Waals surface area (Å²) in [6.45, 7) is 0.339. The van der Waals surface area contributed by atoms with E-state index in [9.17, 15) is 4.39 Å². The Morgan fingerprint density at radius 3 is 2.62 bits per heavy atom. The summed E-state index contributed by atoms with van der Waals surface area (Å²) in [4.78, 5) is 0. The van der Waals surface area contributed by atoms with Crippen molar-refractivity contribution in [3.05, 3.63) is 54.3 Å². The minimum absolute atomic E-state index is 0.238. The van der Waals surface area contributed by atoms with Gasteiger partial charge in [-0.25, -0.2) is 4.39 Å². The highest BCUT2D eigenvalue weighted by Crippen LogP contribution is 2.25. The summed E-state index contributed by atoms with van der Waals surface area (Å²) in [7, 11) is 1.61. The second-order valence-electron chi connectivity index (χ2n) is 4.73. The van der Waals surface area contributed by atoms with Gasteiger partial charge in [0.15, 0.2) is 11.6 Å². The van der Waals surface area contributed by atoms with Crippen molar-refractivity contribution < 1.29 is 18.3 Å². The lowest BCUT2D eigenvalue weighted by atomic mass is 10.2. The van der Waals surface area contributed by atoms with Gasteiger partial charge in [0.1, 0.15) is 5.75 Å². The molecule has 1 heterocycles. The van der Waals surface area contributed by atoms with Gasteiger partial charge in [-0.3, -0.25) is 0 Å². The van der Waals surface area contributed by atoms with E-state index in [2.05, 4.69) is 10.2 Å². The molecule has 0 fully saturated rings. The van der Waals surface area contributed by atoms with Crippen molar-refractivity contribution in [2.24, 2.45) is 0 Å². The summed E-state index contributed by atoms with van der Waals surface area (Å²) in [5.41, 5.74) is 0.817. The molecule has 0 saturated heterocycles. The van der Waals surface area contributed by atoms with Crippen LogP contribution in [0.5, 0.6) is 11.5 Å². The quantitative estimate of drug-likeness (QED) is 0.475. The number of ether oxygens (including phenoxy) is 2. The van der Waals surface area contributed by atoms with E-state index in [0.717, 1.165) is 11.3 Å². The van der Waals surface area contributed by atoms with Crippen LogP contribution in [0.25, 0.3) is 11.5 Å². The molecule has 0 saturated carbocycles. The second-order valence-corrected chi connectivity index (χ2v) is 5.78. The number of nitrogens with zero attached hydrogens (tertiary/aromatic N) is 2. The second kappa shape index (κ2) is 7.83. The molecule has 3 rings (SSSR count). The average molecular weight is 346 g/mol. The number of methoxy groups -OCH3 is 1. The smallest absolute Gasteiger partial charge is 0.276 e. The fourth-order valence-electron chi connectivity index (χ4n) is 1.96. The fourth-order valence-corrected chi connectivity index (χ4v) is 2.54. The monoisotopic (exact) mass is 346 g/mol. The van der Waals surface area contributed by atoms with Gasteiger partial charge in [-0.1, -0.05) is 23.9 Å². The molecular weight excluding hydrogens is 331 g/mol. The number of thioether (sulfide) groups is 1. The Morgan fingerprint density at radius 2 is 1.88 bits per heavy atom. The minimum Gasteiger partial charge on any atom is -0.497 e. The molecular formula is C17H15FN2O3S. The van der Waals surface area contributed by atoms with Crippen LogP contribution in [0.3, 0.4) is 0 Å². The molecule has 0 aliphatic heterocycles. The van der Waals surface area contributed by atoms with E-state index < -0.39 is 0 Å². The lowest BCUT2D eigenvalue weighted by Gasteiger charge is -2.05. The maximum absolute atomic E-state index is 13.4. The van der Waals surface area contributed by atoms with Crippen LogP contribution in [-0.2, 0) is 0 Å². The van der Waals surface area contributed by atoms with Crippen LogP contribution in [0.4, 0.5) is 4.39 Å². The van der Waals surface area contributed by atoms with Crippen LogP contribution in [0.1, 0.15) is 0 Å². The molecule has 0 spiro atoms. The van der Waals surface area contributed by atoms with Gasteiger partial charge in [0.25, 0.3) is 5.22 Å². The lowest BCUT2D eigenvalue weighted by Crippen LogP contribution is -2.01. The molecule has 0 aliphatic carbocycles. The van der Waals surface area contributed by atoms with Gasteiger partial charge < -0.3 is 13.9 Å². The normalized spacial score (nSPS) is 10.6. The molecule has 0 unspecified atom stereocenters. The highest BCUT2D eigenvalue weighted by atomic mass is 32.2. The molecule has 1 aromatic heterocycles. The number of halogens is 1. The largest absolute Gasteiger partial charge is 0.497 e. The van der Waals surface area contributed by atoms with E-state index in [1.807, 2.05) is 24.3 Å². The Hall–Kier alpha value is -2.54. The minimum atomic E-state index is -0.373. The van der Waals surface area contributed by atoms with Gasteiger partial charge in [0.2, 0.25) is 5.89 Å². The topological polar surface area (TPSA) is 57.4 Å². The zero-order valence-electron chi connectivity index (χ0n) is 12.9. The standard InChI is InChI=1S/C17H15FN2O3S/c1-21-13-8-6-12(7-9-13)16-19-20-17(23-16)24-11-10-22-15-5-3-2-4-14(15)18/h2-9H,10-11H2,1H3. The Labute approximate surface area is 142 Å². The number of para-hydroxylation sites is 1. The fraction of sp³-hybridized carbons (Fsp3) is 0.176. The summed E-state index contributed by atoms with van der Waals surface area (Å²) in [5.74, 6) is 1.64. The molecule has 0 radical (unpaired) electrons. The summed E-state index contributed by atoms with van der Waals surface area (Å²) in [6, 6.07) is 13.7. The van der Waals surface area contributed by atoms with Crippen molar-refractivity contribution in [2.45, 2.75) is 5.22 Å². The van der Waals surface area contributed by atoms with E-state index in [0.29, 0.717) is 23.5 Å². The van der Waals surface area contributed by atoms with E-state index in [1.165, 1.54) is 17.8 Å². The maximum atomic E-state index is 13.4. The number of rotatable bonds is 7. The number of hydrogen-bond acceptors (Lipinski definition) is 6. The molecule has 5 nitrogen and oxygen atoms in total. The van der Waals surface area contributed by atoms with Crippen molar-refractivity contribution in [2.75, 3.05) is 19.5 Å². The number of aromatic nitrogens is 2. The number of benzene rings is 2. The number of hydrogen-bond donors (Lipinski definition) is 0. The zero-order valence-corrected chi connectivity index (χ0v) is 13.8. The Kier molecular flexibility index (Phi) is 5.32. The predicted molar refractivity (Wildman–Crippen MR) is 88.9 cm³/mol. The van der Waals surface area contributed by atoms with Crippen molar-refractivity contribution in [1.29, 1.82) is 0 Å². The van der Waals surface area contributed by atoms with Crippen LogP contribution >= 0.6 is 11.8 Å². The molecule has 0 N–H and O–H groups in total. The van der Waals surface area contributed by atoms with Crippen LogP contribution in [0.15, 0.2) is 58.2 Å². The predicted octanol–water partition coefficient (Wildman–Crippen LogP) is 4.06. The summed E-state index contributed by atoms with van der Waals surface area (Å²) < 4.78 is 29.5. The van der Waals surface area contributed by atoms with Gasteiger partial charge in [0.05, 0.1) is 13.7 Å². The first-order valence-corrected chi connectivity index (χ1v) is 8.23. The Morgan fingerprint density at radius 1 is 1.08 bits per heavy atom. The molecule has 7 heteroatoms. The van der Waals surface area contributed by atoms with Gasteiger partial charge in [-0.05, 0) is 36.4 Å². The highest BCUT2D eigenvalue weighted by molar-refractivity contribution is 7.99. The highest BCUT2D eigenvalue weighted by Gasteiger charge is 2.09. The first kappa shape index (κ1) is 16.3. The van der Waals surface area contributed by atoms with Crippen molar-refractivity contribution >= 4 is 11.8 Å². The molecule has 0 bridgehead atoms. The molecule has 2 aromatic carbocycles. The maximum Gasteiger partial charge on any atom is 0.276 e. The van der Waals surface area contributed by atoms with E-state index in [1.54, 1.807) is 25.3 Å². The third kappa shape index (κ3) is 4.05. The molecule has 0 amide bonds. The molecule has 3 aromatic rings. The zero-order chi connectivity index (χ0) is 16.8. The van der Waals surface area contributed by atoms with Crippen LogP contribution in [-0.4, -0.2) is 29.7 Å². The van der Waals surface area contributed by atoms with E-state index >= 15 is 0 Å². The summed E-state index contributed by atoms with van der Waals surface area (Å²) >= 11 is 1.36. The third-order valence-corrected chi connectivity index (χ3v) is 3.93. The van der Waals surface area contributed by atoms with Gasteiger partial charge in [0, 0.05) is 11.3 Å². The molecule has 24 heavy (non-hydrogen) atoms. The lowest BCUT2D eigenvalue weighted by molar-refractivity contribution is 0.324. The Balaban J connectivity index is 1.51. The SMILES string of the molecule is COc1ccc(-c2nnc(SCCOc3ccccc3F)o2)cc1. The van der Waals surface area contributed by atoms with Crippen LogP contribution in [0, 0.1) is 5.82 Å². The molecule has 0 atom stereocenters. The summed E-state index contributed by atoms with van der Waals surface area (Å²) in [5, 5.41) is 8.44. The molecule has 124 valence electrons. The van der Waals surface area contributed by atoms with Crippen LogP contribution in [0.2, 0.25) is 0 Å². The van der Waals surface area contributed by atoms with Gasteiger partial charge >= 0.3 is 0 Å². The first-order chi connectivity index (χ1) is 11.8. The van der Waals surface area contributed by atoms with Crippen molar-refractivity contribution in [3.8, 4) is 23.0 Å². The van der Waals surface area contributed by atoms with E-state index in [-0.39, 0.29) is 11.6 Å². The summed E-state index contributed by atoms with van der Waals surface area (Å²) in [6.07, 6.45) is 0. The van der Waals surface area contributed by atoms with Crippen molar-refractivity contribution in [3.63, 3.8) is 0 Å². The van der Waals surface area contributed by atoms with Crippen LogP contribution < -0.4 is 9.47 Å². The van der Waals surface area contributed by atoms with Gasteiger partial charge in [-0.15, -0.1) is 10.2 Å². The average Bonchev–Trinajstić information content (AvgIpc) is 3.09. The van der Waals surface area contributed by atoms with Crippen molar-refractivity contribution in [1.82, 2.24) is 10.2 Å². The Bertz CT molecular complexity index is 793. The third-order valence-electron chi connectivity index (χ3n) is 3.15.